The van der Waals surface area contributed by atoms with Crippen LogP contribution in [0.15, 0.2) is 30.3 Å². The van der Waals surface area contributed by atoms with E-state index in [-0.39, 0.29) is 36.3 Å². The van der Waals surface area contributed by atoms with Crippen molar-refractivity contribution in [1.82, 2.24) is 5.32 Å². The van der Waals surface area contributed by atoms with Gasteiger partial charge in [0.1, 0.15) is 0 Å². The van der Waals surface area contributed by atoms with E-state index in [1.165, 1.54) is 0 Å². The molecule has 0 saturated heterocycles. The molecule has 0 aliphatic heterocycles. The molecular weight excluding hydrogens is 296 g/mol. The maximum absolute atomic E-state index is 12.4. The average molecular weight is 327 g/mol. The van der Waals surface area contributed by atoms with E-state index in [1.807, 2.05) is 37.3 Å². The monoisotopic (exact) mass is 326 g/mol. The van der Waals surface area contributed by atoms with E-state index in [2.05, 4.69) is 19.2 Å². The number of unbranched alkanes of at least 4 members (excludes halogenated alkanes) is 1. The van der Waals surface area contributed by atoms with Gasteiger partial charge >= 0.3 is 0 Å². The molecule has 4 heteroatoms. The van der Waals surface area contributed by atoms with Crippen LogP contribution >= 0.6 is 12.4 Å². The highest BCUT2D eigenvalue weighted by atomic mass is 35.5. The van der Waals surface area contributed by atoms with Gasteiger partial charge < -0.3 is 11.1 Å². The molecule has 1 rings (SSSR count). The first kappa shape index (κ1) is 20.9. The Hall–Kier alpha value is -1.06. The number of nitrogens with one attached hydrogen (secondary N) is 1. The lowest BCUT2D eigenvalue weighted by Gasteiger charge is -2.24. The summed E-state index contributed by atoms with van der Waals surface area (Å²) in [6, 6.07) is 9.88. The molecule has 3 unspecified atom stereocenters. The molecule has 22 heavy (non-hydrogen) atoms. The van der Waals surface area contributed by atoms with Gasteiger partial charge in [-0.05, 0) is 18.4 Å². The van der Waals surface area contributed by atoms with Crippen LogP contribution in [0.2, 0.25) is 0 Å². The second kappa shape index (κ2) is 11.5. The van der Waals surface area contributed by atoms with Crippen LogP contribution in [0.4, 0.5) is 0 Å². The molecule has 0 bridgehead atoms. The molecule has 0 aliphatic rings. The number of carbonyl (C=O) groups is 1. The summed E-state index contributed by atoms with van der Waals surface area (Å²) in [5, 5.41) is 3.18. The second-order valence-corrected chi connectivity index (χ2v) is 5.86. The number of rotatable bonds is 9. The van der Waals surface area contributed by atoms with Gasteiger partial charge in [-0.1, -0.05) is 70.4 Å². The molecule has 3 N–H and O–H groups in total. The van der Waals surface area contributed by atoms with Crippen molar-refractivity contribution in [3.63, 3.8) is 0 Å². The molecule has 1 aromatic carbocycles. The van der Waals surface area contributed by atoms with Crippen LogP contribution in [0, 0.1) is 5.92 Å². The number of nitrogens with two attached hydrogens (primary N) is 1. The van der Waals surface area contributed by atoms with Gasteiger partial charge in [-0.3, -0.25) is 4.79 Å². The molecule has 3 nitrogen and oxygen atoms in total. The Morgan fingerprint density at radius 1 is 1.14 bits per heavy atom. The van der Waals surface area contributed by atoms with E-state index in [0.29, 0.717) is 0 Å². The fraction of sp³-hybridized carbons (Fsp3) is 0.611. The van der Waals surface area contributed by atoms with E-state index in [0.717, 1.165) is 37.7 Å². The highest BCUT2D eigenvalue weighted by Gasteiger charge is 2.23. The minimum atomic E-state index is -0.250. The minimum Gasteiger partial charge on any atom is -0.353 e. The van der Waals surface area contributed by atoms with Crippen molar-refractivity contribution in [2.45, 2.75) is 65.0 Å². The summed E-state index contributed by atoms with van der Waals surface area (Å²) in [6.07, 6.45) is 5.51. The molecule has 0 aromatic heterocycles. The fourth-order valence-electron chi connectivity index (χ4n) is 2.55. The van der Waals surface area contributed by atoms with Crippen LogP contribution in [0.25, 0.3) is 0 Å². The van der Waals surface area contributed by atoms with Gasteiger partial charge in [0.15, 0.2) is 0 Å². The van der Waals surface area contributed by atoms with Gasteiger partial charge in [0.05, 0.1) is 5.92 Å². The van der Waals surface area contributed by atoms with Gasteiger partial charge in [-0.25, -0.2) is 0 Å². The Kier molecular flexibility index (Phi) is 10.9. The zero-order valence-electron chi connectivity index (χ0n) is 14.0. The van der Waals surface area contributed by atoms with Crippen LogP contribution in [0.3, 0.4) is 0 Å². The molecule has 1 aromatic rings. The third kappa shape index (κ3) is 6.80. The summed E-state index contributed by atoms with van der Waals surface area (Å²) < 4.78 is 0. The van der Waals surface area contributed by atoms with Crippen LogP contribution in [-0.2, 0) is 4.79 Å². The summed E-state index contributed by atoms with van der Waals surface area (Å²) >= 11 is 0. The standard InChI is InChI=1S/C18H30N2O.ClH/c1-4-6-13-16(10-5-2)20-18(21)14(3)17(19)15-11-8-7-9-12-15;/h7-9,11-12,14,16-17H,4-6,10,13,19H2,1-3H3,(H,20,21);1H. The van der Waals surface area contributed by atoms with Gasteiger partial charge in [-0.2, -0.15) is 0 Å². The Morgan fingerprint density at radius 3 is 2.32 bits per heavy atom. The topological polar surface area (TPSA) is 55.1 Å². The normalized spacial score (nSPS) is 14.5. The summed E-state index contributed by atoms with van der Waals surface area (Å²) in [5.41, 5.74) is 7.24. The van der Waals surface area contributed by atoms with Crippen LogP contribution in [-0.4, -0.2) is 11.9 Å². The van der Waals surface area contributed by atoms with Crippen molar-refractivity contribution >= 4 is 18.3 Å². The van der Waals surface area contributed by atoms with Crippen LogP contribution < -0.4 is 11.1 Å². The van der Waals surface area contributed by atoms with Gasteiger partial charge in [0.25, 0.3) is 0 Å². The van der Waals surface area contributed by atoms with E-state index in [1.54, 1.807) is 0 Å². The molecule has 0 heterocycles. The predicted molar refractivity (Wildman–Crippen MR) is 96.1 cm³/mol. The lowest BCUT2D eigenvalue weighted by atomic mass is 9.94. The molecule has 3 atom stereocenters. The summed E-state index contributed by atoms with van der Waals surface area (Å²) in [5.74, 6) is -0.144. The van der Waals surface area contributed by atoms with E-state index >= 15 is 0 Å². The average Bonchev–Trinajstić information content (AvgIpc) is 2.52. The lowest BCUT2D eigenvalue weighted by Crippen LogP contribution is -2.41. The highest BCUT2D eigenvalue weighted by molar-refractivity contribution is 5.85. The number of halogens is 1. The first-order valence-electron chi connectivity index (χ1n) is 8.21. The van der Waals surface area contributed by atoms with Crippen molar-refractivity contribution in [1.29, 1.82) is 0 Å². The highest BCUT2D eigenvalue weighted by Crippen LogP contribution is 2.19. The maximum atomic E-state index is 12.4. The molecule has 0 spiro atoms. The van der Waals surface area contributed by atoms with Crippen molar-refractivity contribution < 1.29 is 4.79 Å². The Morgan fingerprint density at radius 2 is 1.77 bits per heavy atom. The SMILES string of the molecule is CCCCC(CCC)NC(=O)C(C)C(N)c1ccccc1.Cl. The minimum absolute atomic E-state index is 0. The zero-order valence-corrected chi connectivity index (χ0v) is 14.9. The van der Waals surface area contributed by atoms with Gasteiger partial charge in [0.2, 0.25) is 5.91 Å². The lowest BCUT2D eigenvalue weighted by molar-refractivity contribution is -0.126. The van der Waals surface area contributed by atoms with E-state index in [9.17, 15) is 4.79 Å². The largest absolute Gasteiger partial charge is 0.353 e. The molecule has 0 saturated carbocycles. The van der Waals surface area contributed by atoms with Crippen molar-refractivity contribution in [2.75, 3.05) is 0 Å². The van der Waals surface area contributed by atoms with Crippen molar-refractivity contribution in [3.05, 3.63) is 35.9 Å². The molecule has 0 radical (unpaired) electrons. The molecule has 1 amide bonds. The molecule has 126 valence electrons. The summed E-state index contributed by atoms with van der Waals surface area (Å²) in [6.45, 7) is 6.25. The number of benzene rings is 1. The molecule has 0 aliphatic carbocycles. The summed E-state index contributed by atoms with van der Waals surface area (Å²) in [4.78, 5) is 12.4. The summed E-state index contributed by atoms with van der Waals surface area (Å²) in [7, 11) is 0. The maximum Gasteiger partial charge on any atom is 0.224 e. The fourth-order valence-corrected chi connectivity index (χ4v) is 2.55. The van der Waals surface area contributed by atoms with E-state index < -0.39 is 0 Å². The van der Waals surface area contributed by atoms with Crippen molar-refractivity contribution in [2.24, 2.45) is 11.7 Å². The first-order valence-corrected chi connectivity index (χ1v) is 8.21. The Bertz CT molecular complexity index is 411. The predicted octanol–water partition coefficient (Wildman–Crippen LogP) is 4.22. The third-order valence-corrected chi connectivity index (χ3v) is 4.03. The molecule has 0 fully saturated rings. The van der Waals surface area contributed by atoms with Crippen molar-refractivity contribution in [3.8, 4) is 0 Å². The molecular formula is C18H31ClN2O. The van der Waals surface area contributed by atoms with Gasteiger partial charge in [0, 0.05) is 12.1 Å². The zero-order chi connectivity index (χ0) is 15.7. The first-order chi connectivity index (χ1) is 10.1. The third-order valence-electron chi connectivity index (χ3n) is 4.03. The Balaban J connectivity index is 0.00000441. The second-order valence-electron chi connectivity index (χ2n) is 5.86. The van der Waals surface area contributed by atoms with Crippen LogP contribution in [0.1, 0.15) is 64.5 Å². The number of carbonyl (C=O) groups excluding carboxylic acids is 1. The number of hydrogen-bond acceptors (Lipinski definition) is 2. The smallest absolute Gasteiger partial charge is 0.224 e. The van der Waals surface area contributed by atoms with E-state index in [4.69, 9.17) is 5.73 Å². The number of amides is 1. The van der Waals surface area contributed by atoms with Gasteiger partial charge in [-0.15, -0.1) is 12.4 Å². The Labute approximate surface area is 141 Å². The van der Waals surface area contributed by atoms with Crippen LogP contribution in [0.5, 0.6) is 0 Å². The number of hydrogen-bond donors (Lipinski definition) is 2. The quantitative estimate of drug-likeness (QED) is 0.714.